The summed E-state index contributed by atoms with van der Waals surface area (Å²) in [4.78, 5) is 167. The van der Waals surface area contributed by atoms with Crippen molar-refractivity contribution in [2.45, 2.75) is 174 Å². The van der Waals surface area contributed by atoms with E-state index >= 15 is 9.59 Å². The third-order valence-corrected chi connectivity index (χ3v) is 17.6. The summed E-state index contributed by atoms with van der Waals surface area (Å²) in [6.07, 6.45) is -3.07. The van der Waals surface area contributed by atoms with Crippen LogP contribution in [0, 0.1) is 23.7 Å². The number of carbonyl (C=O) groups is 11. The number of aryl methyl sites for hydroxylation is 1. The molecular weight excluding hydrogens is 1200 g/mol. The molecule has 26 heteroatoms. The van der Waals surface area contributed by atoms with Gasteiger partial charge in [-0.05, 0) is 97.6 Å². The van der Waals surface area contributed by atoms with Gasteiger partial charge in [0, 0.05) is 73.7 Å². The van der Waals surface area contributed by atoms with Crippen LogP contribution in [0.3, 0.4) is 0 Å². The molecule has 91 heavy (non-hydrogen) atoms. The Morgan fingerprint density at radius 3 is 1.66 bits per heavy atom. The highest BCUT2D eigenvalue weighted by atomic mass is 35.5. The van der Waals surface area contributed by atoms with Gasteiger partial charge in [-0.1, -0.05) is 111 Å². The van der Waals surface area contributed by atoms with E-state index in [1.165, 1.54) is 76.2 Å². The number of hydrogen-bond acceptors (Lipinski definition) is 11. The maximum atomic E-state index is 15.1. The van der Waals surface area contributed by atoms with Crippen molar-refractivity contribution in [3.63, 3.8) is 0 Å². The predicted octanol–water partition coefficient (Wildman–Crippen LogP) is 4.93. The van der Waals surface area contributed by atoms with Crippen LogP contribution in [0.5, 0.6) is 0 Å². The van der Waals surface area contributed by atoms with E-state index in [4.69, 9.17) is 11.6 Å². The van der Waals surface area contributed by atoms with Crippen LogP contribution in [0.4, 0.5) is 13.2 Å². The molecule has 7 atom stereocenters. The van der Waals surface area contributed by atoms with Crippen LogP contribution in [0.1, 0.15) is 130 Å². The van der Waals surface area contributed by atoms with Crippen LogP contribution < -0.4 is 21.3 Å². The molecule has 0 bridgehead atoms. The number of halogens is 4. The van der Waals surface area contributed by atoms with Crippen LogP contribution in [0.25, 0.3) is 0 Å². The summed E-state index contributed by atoms with van der Waals surface area (Å²) in [5.74, 6) is -8.61. The Labute approximate surface area is 539 Å². The molecule has 1 aliphatic carbocycles. The molecule has 506 valence electrons. The molecule has 1 saturated heterocycles. The van der Waals surface area contributed by atoms with Crippen LogP contribution in [-0.2, 0) is 71.8 Å². The minimum atomic E-state index is -4.63. The molecule has 2 aliphatic rings. The monoisotopic (exact) mass is 1300 g/mol. The number of hydrogen-bond donors (Lipinski definition) is 4. The third-order valence-electron chi connectivity index (χ3n) is 17.4. The number of likely N-dealkylation sites (N-methyl/N-ethyl adjacent to an activating group) is 7. The van der Waals surface area contributed by atoms with Gasteiger partial charge in [-0.15, -0.1) is 0 Å². The lowest BCUT2D eigenvalue weighted by molar-refractivity contribution is -0.149. The molecule has 0 unspecified atom stereocenters. The van der Waals surface area contributed by atoms with Crippen LogP contribution in [0.2, 0.25) is 5.02 Å². The fourth-order valence-corrected chi connectivity index (χ4v) is 11.7. The maximum absolute atomic E-state index is 15.1. The first kappa shape index (κ1) is 76.1. The highest BCUT2D eigenvalue weighted by molar-refractivity contribution is 6.30. The molecule has 2 aromatic carbocycles. The summed E-state index contributed by atoms with van der Waals surface area (Å²) < 4.78 is 40.9. The fourth-order valence-electron chi connectivity index (χ4n) is 11.6. The Morgan fingerprint density at radius 1 is 0.582 bits per heavy atom. The quantitative estimate of drug-likeness (QED) is 0.222. The number of benzene rings is 2. The topological polar surface area (TPSA) is 259 Å². The predicted molar refractivity (Wildman–Crippen MR) is 338 cm³/mol. The SMILES string of the molecule is CC[C@H](C)[C@@H]1NC(=O)[C@H](C(C)C)N(C)C(=O)CCNC(=O)[C@H](CC(C)C)N(C)C(=O)C2(CCCC2)NC(=O)[C@H](CC(C)C)N(C)C(=O)[C@H](CCc2ccc(C(F)(F)F)cc2)NC(=O)CN(C)C(=O)[C@H](Cc2ccc(Cl)cc2)N(C)C(=O)CN(C)C(=O)CN(C)C1=O. The van der Waals surface area contributed by atoms with Gasteiger partial charge in [0.2, 0.25) is 65.0 Å². The summed E-state index contributed by atoms with van der Waals surface area (Å²) in [5, 5.41) is 11.8. The molecule has 11 amide bonds. The lowest BCUT2D eigenvalue weighted by atomic mass is 9.91. The van der Waals surface area contributed by atoms with Gasteiger partial charge in [0.05, 0.1) is 25.2 Å². The lowest BCUT2D eigenvalue weighted by Gasteiger charge is -2.39. The first-order chi connectivity index (χ1) is 42.4. The second kappa shape index (κ2) is 33.8. The molecule has 0 aromatic heterocycles. The van der Waals surface area contributed by atoms with Gasteiger partial charge in [0.25, 0.3) is 0 Å². The molecule has 1 saturated carbocycles. The van der Waals surface area contributed by atoms with E-state index in [2.05, 4.69) is 21.3 Å². The van der Waals surface area contributed by atoms with Crippen LogP contribution >= 0.6 is 11.6 Å². The third kappa shape index (κ3) is 21.1. The summed E-state index contributed by atoms with van der Waals surface area (Å²) >= 11 is 6.21. The zero-order valence-electron chi connectivity index (χ0n) is 55.6. The van der Waals surface area contributed by atoms with Crippen molar-refractivity contribution < 1.29 is 65.9 Å². The van der Waals surface area contributed by atoms with E-state index in [1.807, 2.05) is 34.6 Å². The molecule has 2 fully saturated rings. The summed E-state index contributed by atoms with van der Waals surface area (Å²) in [5.41, 5.74) is -1.47. The Morgan fingerprint density at radius 2 is 1.12 bits per heavy atom. The van der Waals surface area contributed by atoms with Crippen LogP contribution in [0.15, 0.2) is 48.5 Å². The molecule has 4 rings (SSSR count). The van der Waals surface area contributed by atoms with Crippen molar-refractivity contribution in [2.75, 3.05) is 75.5 Å². The van der Waals surface area contributed by atoms with Crippen molar-refractivity contribution in [3.8, 4) is 0 Å². The van der Waals surface area contributed by atoms with E-state index in [0.29, 0.717) is 35.4 Å². The molecular formula is C65H97ClF3N11O11. The molecule has 0 radical (unpaired) electrons. The number of amides is 11. The smallest absolute Gasteiger partial charge is 0.354 e. The van der Waals surface area contributed by atoms with Gasteiger partial charge in [-0.25, -0.2) is 0 Å². The largest absolute Gasteiger partial charge is 0.416 e. The van der Waals surface area contributed by atoms with Crippen molar-refractivity contribution in [3.05, 3.63) is 70.2 Å². The van der Waals surface area contributed by atoms with E-state index in [1.54, 1.807) is 45.0 Å². The second-order valence-corrected chi connectivity index (χ2v) is 26.3. The lowest BCUT2D eigenvalue weighted by Crippen LogP contribution is -2.64. The number of nitrogens with one attached hydrogen (secondary N) is 4. The first-order valence-corrected chi connectivity index (χ1v) is 31.7. The van der Waals surface area contributed by atoms with Gasteiger partial charge in [-0.2, -0.15) is 13.2 Å². The summed E-state index contributed by atoms with van der Waals surface area (Å²) in [6.45, 7) is 12.5. The van der Waals surface area contributed by atoms with Gasteiger partial charge in [0.15, 0.2) is 0 Å². The zero-order chi connectivity index (χ0) is 68.6. The van der Waals surface area contributed by atoms with Crippen LogP contribution in [-0.4, -0.2) is 217 Å². The van der Waals surface area contributed by atoms with E-state index in [9.17, 15) is 56.3 Å². The van der Waals surface area contributed by atoms with Crippen molar-refractivity contribution in [1.29, 1.82) is 0 Å². The Balaban J connectivity index is 1.84. The molecule has 1 heterocycles. The second-order valence-electron chi connectivity index (χ2n) is 25.9. The normalized spacial score (nSPS) is 23.5. The maximum Gasteiger partial charge on any atom is 0.416 e. The first-order valence-electron chi connectivity index (χ1n) is 31.3. The molecule has 1 aliphatic heterocycles. The van der Waals surface area contributed by atoms with Gasteiger partial charge < -0.3 is 55.6 Å². The number of carbonyl (C=O) groups excluding carboxylic acids is 11. The average Bonchev–Trinajstić information content (AvgIpc) is 1.83. The number of rotatable bonds is 12. The van der Waals surface area contributed by atoms with E-state index in [-0.39, 0.29) is 69.7 Å². The van der Waals surface area contributed by atoms with E-state index in [0.717, 1.165) is 31.7 Å². The Hall–Kier alpha value is -7.31. The summed E-state index contributed by atoms with van der Waals surface area (Å²) in [6, 6.07) is 3.44. The molecule has 1 spiro atoms. The molecule has 22 nitrogen and oxygen atoms in total. The highest BCUT2D eigenvalue weighted by Crippen LogP contribution is 2.34. The van der Waals surface area contributed by atoms with E-state index < -0.39 is 150 Å². The highest BCUT2D eigenvalue weighted by Gasteiger charge is 2.48. The van der Waals surface area contributed by atoms with Gasteiger partial charge in [0.1, 0.15) is 41.8 Å². The van der Waals surface area contributed by atoms with Gasteiger partial charge in [-0.3, -0.25) is 52.7 Å². The zero-order valence-corrected chi connectivity index (χ0v) is 56.4. The summed E-state index contributed by atoms with van der Waals surface area (Å²) in [7, 11) is 9.67. The van der Waals surface area contributed by atoms with Crippen molar-refractivity contribution >= 4 is 76.6 Å². The molecule has 2 aromatic rings. The number of nitrogens with zero attached hydrogens (tertiary/aromatic N) is 7. The Bertz CT molecular complexity index is 2890. The van der Waals surface area contributed by atoms with Crippen molar-refractivity contribution in [1.82, 2.24) is 55.6 Å². The minimum Gasteiger partial charge on any atom is -0.354 e. The minimum absolute atomic E-state index is 0.0318. The fraction of sp³-hybridized carbons (Fsp3) is 0.646. The Kier molecular flexibility index (Phi) is 28.3. The standard InChI is InChI=1S/C65H97ClF3N11O11/c1-16-42(8)55-62(90)76(11)37-53(83)74(9)38-54(84)77(12)50(35-44-21-26-46(66)27-22-44)61(89)75(10)36-51(81)71-47(28-23-43-19-24-45(25-20-43)65(67,68)69)60(88)78(13)49(34-40(4)5)58(86)73-64(30-17-18-31-64)63(91)79(14)48(33-39(2)3)57(85)70-32-29-52(82)80(15)56(41(6)7)59(87)72-55/h19-22,24-27,39-42,47-50,55-56H,16-18,23,28-38H2,1-15H3,(H,70,85)(H,71,81)(H,72,87)(H,73,86)/t42-,47-,48-,49-,50-,55-,56-/m0/s1. The molecule has 4 N–H and O–H groups in total. The number of alkyl halides is 3. The van der Waals surface area contributed by atoms with Crippen molar-refractivity contribution in [2.24, 2.45) is 23.7 Å². The average molecular weight is 1300 g/mol. The van der Waals surface area contributed by atoms with Gasteiger partial charge >= 0.3 is 6.18 Å².